The van der Waals surface area contributed by atoms with Gasteiger partial charge in [0.05, 0.1) is 99.9 Å². The summed E-state index contributed by atoms with van der Waals surface area (Å²) in [5, 5.41) is 60.2. The molecule has 1 aliphatic carbocycles. The second-order valence-corrected chi connectivity index (χ2v) is 33.9. The Bertz CT molecular complexity index is 4470. The number of carbonyl (C=O) groups excluding carboxylic acids is 6. The van der Waals surface area contributed by atoms with Gasteiger partial charge >= 0.3 is 5.97 Å². The van der Waals surface area contributed by atoms with Crippen LogP contribution in [0, 0.1) is 35.5 Å². The van der Waals surface area contributed by atoms with Gasteiger partial charge in [0.1, 0.15) is 47.7 Å². The first-order valence-electron chi connectivity index (χ1n) is 44.3. The number of ether oxygens (including phenoxy) is 9. The summed E-state index contributed by atoms with van der Waals surface area (Å²) in [4.78, 5) is 116. The van der Waals surface area contributed by atoms with Gasteiger partial charge in [-0.25, -0.2) is 29.4 Å². The van der Waals surface area contributed by atoms with E-state index in [4.69, 9.17) is 68.5 Å². The minimum absolute atomic E-state index is 0.0172. The van der Waals surface area contributed by atoms with E-state index in [2.05, 4.69) is 35.4 Å². The number of rotatable bonds is 33. The third kappa shape index (κ3) is 27.7. The normalized spacial score (nSPS) is 28.3. The van der Waals surface area contributed by atoms with Crippen LogP contribution in [0.1, 0.15) is 168 Å². The number of benzene rings is 1. The van der Waals surface area contributed by atoms with E-state index in [9.17, 15) is 49.2 Å². The highest BCUT2D eigenvalue weighted by Crippen LogP contribution is 2.40. The van der Waals surface area contributed by atoms with Crippen molar-refractivity contribution in [3.63, 3.8) is 0 Å². The number of amides is 3. The molecule has 5 aromatic rings. The molecule has 1 saturated carbocycles. The smallest absolute Gasteiger partial charge is 0.329 e. The van der Waals surface area contributed by atoms with Crippen molar-refractivity contribution in [2.24, 2.45) is 40.7 Å². The van der Waals surface area contributed by atoms with Crippen molar-refractivity contribution in [2.75, 3.05) is 136 Å². The highest BCUT2D eigenvalue weighted by molar-refractivity contribution is 6.39. The molecule has 4 aliphatic heterocycles. The first-order valence-corrected chi connectivity index (χ1v) is 44.3. The van der Waals surface area contributed by atoms with Crippen LogP contribution in [-0.2, 0) is 78.0 Å². The third-order valence-corrected chi connectivity index (χ3v) is 24.5. The summed E-state index contributed by atoms with van der Waals surface area (Å²) in [6, 6.07) is 4.37. The van der Waals surface area contributed by atoms with E-state index in [-0.39, 0.29) is 105 Å². The summed E-state index contributed by atoms with van der Waals surface area (Å²) in [5.41, 5.74) is 17.2. The molecule has 0 unspecified atom stereocenters. The summed E-state index contributed by atoms with van der Waals surface area (Å²) in [7, 11) is 4.61. The number of aliphatic hydroxyl groups excluding tert-OH is 3. The van der Waals surface area contributed by atoms with Gasteiger partial charge in [-0.05, 0) is 144 Å². The number of nitrogens with one attached hydrogen (secondary N) is 1. The van der Waals surface area contributed by atoms with Crippen molar-refractivity contribution >= 4 is 80.9 Å². The maximum Gasteiger partial charge on any atom is 0.329 e. The van der Waals surface area contributed by atoms with Crippen LogP contribution in [0.25, 0.3) is 33.4 Å². The Morgan fingerprint density at radius 3 is 2.20 bits per heavy atom. The van der Waals surface area contributed by atoms with Crippen LogP contribution in [0.2, 0.25) is 0 Å². The number of unbranched alkanes of at least 4 members (excludes halogenated alkanes) is 1. The Kier molecular flexibility index (Phi) is 38.2. The fourth-order valence-electron chi connectivity index (χ4n) is 17.0. The van der Waals surface area contributed by atoms with Crippen molar-refractivity contribution in [1.82, 2.24) is 49.8 Å². The number of hydrogen-bond donors (Lipinski definition) is 7. The molecule has 3 amide bonds. The molecule has 3 saturated heterocycles. The molecule has 0 spiro atoms. The first-order chi connectivity index (χ1) is 60.2. The number of aromatic nitrogens is 7. The molecule has 688 valence electrons. The Morgan fingerprint density at radius 2 is 1.48 bits per heavy atom. The number of carbonyl (C=O) groups is 6. The molecule has 35 nitrogen and oxygen atoms in total. The number of piperidine rings is 1. The average molecular weight is 1750 g/mol. The zero-order chi connectivity index (χ0) is 89.7. The predicted molar refractivity (Wildman–Crippen MR) is 466 cm³/mol. The van der Waals surface area contributed by atoms with Crippen LogP contribution in [0.15, 0.2) is 94.1 Å². The second-order valence-electron chi connectivity index (χ2n) is 33.9. The number of aryl methyl sites for hydroxylation is 1. The lowest BCUT2D eigenvalue weighted by Crippen LogP contribution is -2.61. The summed E-state index contributed by atoms with van der Waals surface area (Å²) in [5.74, 6) is -7.10. The van der Waals surface area contributed by atoms with E-state index in [0.29, 0.717) is 219 Å². The van der Waals surface area contributed by atoms with Crippen molar-refractivity contribution in [3.8, 4) is 11.3 Å². The molecule has 35 heteroatoms. The SMILES string of the molecule is CO[C@H]1C[C@@H]2CC[C@@H](C)[C@@](O)(O2)C(=O)C(=O)N2CCCC[C@H]2C(=O)O[C@H]([C@H](C)C[C@@H]2CC[C@@H](O)[C@H](OC)C2)C[C@@H](O)[C@H](C)/C=C(\C)[C@@H](O)[C@@H](OC)C(=NOCC(=O)CCCOCCOCCOCCOCCC(=O)N2CCN(c3ncc(C(=O)NCCCCn4nc(-c5ccc6oc(N)nc6c5)c5c(N)ncnc54)cn3)CC2)[C@H](C)C[C@H](C)/C=C/C=C/C=C/1C. The maximum absolute atomic E-state index is 14.7. The third-order valence-electron chi connectivity index (χ3n) is 24.5. The molecule has 9 N–H and O–H groups in total. The summed E-state index contributed by atoms with van der Waals surface area (Å²) in [6.07, 6.45) is 16.8. The van der Waals surface area contributed by atoms with Crippen LogP contribution in [-0.4, -0.2) is 287 Å². The number of Topliss-reactive ketones (excluding diaryl/α,β-unsaturated/α-hetero) is 2. The molecule has 125 heavy (non-hydrogen) atoms. The number of piperazine rings is 1. The van der Waals surface area contributed by atoms with Crippen LogP contribution in [0.5, 0.6) is 0 Å². The van der Waals surface area contributed by atoms with Crippen LogP contribution >= 0.6 is 0 Å². The zero-order valence-electron chi connectivity index (χ0n) is 74.2. The van der Waals surface area contributed by atoms with E-state index in [0.717, 1.165) is 11.1 Å². The number of methoxy groups -OCH3 is 3. The monoisotopic (exact) mass is 1740 g/mol. The van der Waals surface area contributed by atoms with Gasteiger partial charge in [-0.2, -0.15) is 10.1 Å². The number of anilines is 3. The fourth-order valence-corrected chi connectivity index (χ4v) is 17.0. The van der Waals surface area contributed by atoms with E-state index >= 15 is 0 Å². The Morgan fingerprint density at radius 1 is 0.752 bits per heavy atom. The summed E-state index contributed by atoms with van der Waals surface area (Å²) >= 11 is 0. The highest BCUT2D eigenvalue weighted by Gasteiger charge is 2.53. The summed E-state index contributed by atoms with van der Waals surface area (Å²) < 4.78 is 60.3. The van der Waals surface area contributed by atoms with Crippen LogP contribution < -0.4 is 21.7 Å². The van der Waals surface area contributed by atoms with Gasteiger partial charge in [0.2, 0.25) is 17.6 Å². The molecule has 1 aromatic carbocycles. The number of oxazole rings is 1. The van der Waals surface area contributed by atoms with Gasteiger partial charge in [-0.15, -0.1) is 0 Å². The standard InChI is InChI=1S/C90H132N14O21/c1-56-19-12-11-13-20-57(2)73(115-8)50-67-26-23-62(7)90(114,125-67)82(110)86(112)103-31-16-14-22-69(103)87(113)123-74(59(4)47-63-24-27-70(106)75(48-63)116-9)51-71(107)58(3)46-61(6)80(109)81(117-10)78(60(5)45-56)100-122-54-66(105)21-18-37-118-39-41-120-43-44-121-42-40-119-38-29-76(108)101-33-35-102(36-34-101)89-94-52-65(53-95-89)85(111)93-30-15-17-32-104-84-77(83(91)96-55-97-84)79(99-104)64-25-28-72-68(49-64)98-88(92)124-72/h11-13,19-20,25,28,46,49,52-53,55-56,58-60,62-63,67,69-71,73-75,80-81,106-107,109,114H,14-18,21-24,26-27,29-45,47-48,50-51,54H2,1-10H3,(H2,92,98)(H,93,111)(H2,91,96,97)/b13-11+,19-12+,57-20+,61-46+,100-78?/t56-,58-,59-,60-,62-,63+,67+,69+,70-,71-,73+,74+,75-,80-,81+,90-/m1/s1. The number of ketones is 2. The number of cyclic esters (lactones) is 1. The minimum Gasteiger partial charge on any atom is -0.460 e. The topological polar surface area (TPSA) is 457 Å². The molecule has 8 heterocycles. The van der Waals surface area contributed by atoms with Gasteiger partial charge in [0, 0.05) is 129 Å². The van der Waals surface area contributed by atoms with Crippen molar-refractivity contribution in [3.05, 3.63) is 90.1 Å². The number of allylic oxidation sites excluding steroid dienone is 5. The van der Waals surface area contributed by atoms with Crippen molar-refractivity contribution in [1.29, 1.82) is 0 Å². The Balaban J connectivity index is 0.626. The van der Waals surface area contributed by atoms with E-state index in [1.165, 1.54) is 30.7 Å². The Labute approximate surface area is 731 Å². The lowest BCUT2D eigenvalue weighted by molar-refractivity contribution is -0.265. The van der Waals surface area contributed by atoms with E-state index in [1.54, 1.807) is 56.7 Å². The lowest BCUT2D eigenvalue weighted by atomic mass is 9.78. The number of esters is 1. The van der Waals surface area contributed by atoms with Crippen molar-refractivity contribution < 1.29 is 101 Å². The van der Waals surface area contributed by atoms with Crippen LogP contribution in [0.3, 0.4) is 0 Å². The zero-order valence-corrected chi connectivity index (χ0v) is 74.2. The largest absolute Gasteiger partial charge is 0.460 e. The quantitative estimate of drug-likeness (QED) is 0.00686. The van der Waals surface area contributed by atoms with Crippen LogP contribution in [0.4, 0.5) is 17.8 Å². The number of nitrogens with two attached hydrogens (primary N) is 2. The van der Waals surface area contributed by atoms with Gasteiger partial charge in [-0.3, -0.25) is 24.0 Å². The number of aliphatic hydroxyl groups is 4. The van der Waals surface area contributed by atoms with E-state index < -0.39 is 84.1 Å². The maximum atomic E-state index is 14.7. The van der Waals surface area contributed by atoms with Gasteiger partial charge in [0.25, 0.3) is 23.6 Å². The van der Waals surface area contributed by atoms with Crippen molar-refractivity contribution in [2.45, 2.75) is 225 Å². The number of nitrogen functional groups attached to an aromatic ring is 2. The highest BCUT2D eigenvalue weighted by atomic mass is 16.6. The second kappa shape index (κ2) is 48.7. The molecule has 0 radical (unpaired) electrons. The van der Waals surface area contributed by atoms with Gasteiger partial charge in [-0.1, -0.05) is 76.2 Å². The summed E-state index contributed by atoms with van der Waals surface area (Å²) in [6.45, 7) is 18.2. The molecule has 10 rings (SSSR count). The lowest BCUT2D eigenvalue weighted by Gasteiger charge is -2.43. The fraction of sp³-hybridized carbons (Fsp3) is 0.656. The number of oxime groups is 1. The minimum atomic E-state index is -2.46. The van der Waals surface area contributed by atoms with Gasteiger partial charge in [0.15, 0.2) is 23.6 Å². The average Bonchev–Trinajstić information content (AvgIpc) is 1.73. The van der Waals surface area contributed by atoms with E-state index in [1.807, 2.05) is 75.1 Å². The molecule has 2 bridgehead atoms. The molecule has 4 aromatic heterocycles. The van der Waals surface area contributed by atoms with Gasteiger partial charge < -0.3 is 104 Å². The first kappa shape index (κ1) is 98.1. The molecule has 16 atom stereocenters. The molecular weight excluding hydrogens is 1610 g/mol. The predicted octanol–water partition coefficient (Wildman–Crippen LogP) is 8.04. The molecular formula is C90H132N14O21. The number of nitrogens with zero attached hydrogens (tertiary/aromatic N) is 11. The molecule has 4 fully saturated rings. The number of fused-ring (bicyclic) bond motifs is 5. The Hall–Kier alpha value is -9.11. The molecule has 5 aliphatic rings. The number of hydrogen-bond acceptors (Lipinski definition) is 31.